The summed E-state index contributed by atoms with van der Waals surface area (Å²) in [4.78, 5) is 2.27. The summed E-state index contributed by atoms with van der Waals surface area (Å²) in [7, 11) is -3.64. The van der Waals surface area contributed by atoms with Crippen LogP contribution in [-0.4, -0.2) is 37.4 Å². The van der Waals surface area contributed by atoms with Crippen molar-refractivity contribution >= 4 is 15.7 Å². The maximum atomic E-state index is 11.0. The topological polar surface area (TPSA) is 104 Å². The highest BCUT2D eigenvalue weighted by Gasteiger charge is 2.22. The van der Waals surface area contributed by atoms with Crippen LogP contribution in [0.4, 0.5) is 0 Å². The fraction of sp³-hybridized carbons (Fsp3) is 0.438. The van der Waals surface area contributed by atoms with Crippen LogP contribution >= 0.6 is 0 Å². The molecule has 0 unspecified atom stereocenters. The highest BCUT2D eigenvalue weighted by molar-refractivity contribution is 7.87. The van der Waals surface area contributed by atoms with Gasteiger partial charge in [0.25, 0.3) is 10.2 Å². The Kier molecular flexibility index (Phi) is 4.87. The van der Waals surface area contributed by atoms with Crippen molar-refractivity contribution < 1.29 is 8.42 Å². The molecule has 7 nitrogen and oxygen atoms in total. The number of fused-ring (bicyclic) bond motifs is 1. The van der Waals surface area contributed by atoms with Crippen molar-refractivity contribution in [3.8, 4) is 6.07 Å². The zero-order chi connectivity index (χ0) is 17.2. The maximum Gasteiger partial charge on any atom is 0.274 e. The van der Waals surface area contributed by atoms with Crippen molar-refractivity contribution in [3.05, 3.63) is 41.7 Å². The van der Waals surface area contributed by atoms with Crippen LogP contribution in [0, 0.1) is 17.2 Å². The quantitative estimate of drug-likeness (QED) is 0.835. The number of hydrogen-bond acceptors (Lipinski definition) is 4. The minimum Gasteiger partial charge on any atom is -0.322 e. The smallest absolute Gasteiger partial charge is 0.274 e. The Morgan fingerprint density at radius 1 is 1.42 bits per heavy atom. The van der Waals surface area contributed by atoms with Crippen molar-refractivity contribution in [2.45, 2.75) is 19.4 Å². The van der Waals surface area contributed by atoms with Gasteiger partial charge < -0.3 is 4.40 Å². The van der Waals surface area contributed by atoms with Gasteiger partial charge in [0.15, 0.2) is 0 Å². The van der Waals surface area contributed by atoms with Crippen LogP contribution in [0.3, 0.4) is 0 Å². The summed E-state index contributed by atoms with van der Waals surface area (Å²) in [5, 5.41) is 14.5. The molecule has 2 aromatic heterocycles. The van der Waals surface area contributed by atoms with E-state index < -0.39 is 10.2 Å². The molecule has 24 heavy (non-hydrogen) atoms. The van der Waals surface area contributed by atoms with E-state index in [0.717, 1.165) is 37.0 Å². The molecule has 2 aromatic rings. The monoisotopic (exact) mass is 347 g/mol. The summed E-state index contributed by atoms with van der Waals surface area (Å²) in [6.07, 6.45) is 5.92. The molecule has 8 heteroatoms. The van der Waals surface area contributed by atoms with Crippen LogP contribution in [-0.2, 0) is 16.8 Å². The molecule has 0 saturated carbocycles. The predicted octanol–water partition coefficient (Wildman–Crippen LogP) is 0.816. The third kappa shape index (κ3) is 3.94. The van der Waals surface area contributed by atoms with E-state index in [1.807, 2.05) is 35.0 Å². The standard InChI is InChI=1S/C16H21N5O2S/c17-8-15-14(12-21-7-2-1-5-16(15)21)11-20-6-3-4-13(10-20)9-19-24(18,22)23/h1-2,5,7,12-13,19H,3-4,6,9-11H2,(H2,18,22,23)/t13-/m0/s1. The van der Waals surface area contributed by atoms with Crippen LogP contribution in [0.15, 0.2) is 30.6 Å². The first-order valence-corrected chi connectivity index (χ1v) is 9.49. The van der Waals surface area contributed by atoms with Gasteiger partial charge in [-0.3, -0.25) is 4.90 Å². The van der Waals surface area contributed by atoms with E-state index in [0.29, 0.717) is 18.7 Å². The van der Waals surface area contributed by atoms with Gasteiger partial charge in [-0.15, -0.1) is 0 Å². The van der Waals surface area contributed by atoms with Gasteiger partial charge in [-0.05, 0) is 37.4 Å². The molecular weight excluding hydrogens is 326 g/mol. The summed E-state index contributed by atoms with van der Waals surface area (Å²) in [5.41, 5.74) is 2.63. The number of nitrogens with one attached hydrogen (secondary N) is 1. The Labute approximate surface area is 141 Å². The summed E-state index contributed by atoms with van der Waals surface area (Å²) in [5.74, 6) is 0.236. The van der Waals surface area contributed by atoms with E-state index >= 15 is 0 Å². The zero-order valence-corrected chi connectivity index (χ0v) is 14.2. The van der Waals surface area contributed by atoms with Gasteiger partial charge in [-0.1, -0.05) is 6.07 Å². The zero-order valence-electron chi connectivity index (χ0n) is 13.4. The molecule has 3 rings (SSSR count). The second kappa shape index (κ2) is 6.91. The van der Waals surface area contributed by atoms with Crippen LogP contribution in [0.25, 0.3) is 5.52 Å². The van der Waals surface area contributed by atoms with Gasteiger partial charge in [-0.25, -0.2) is 9.86 Å². The molecule has 0 amide bonds. The first-order chi connectivity index (χ1) is 11.5. The molecule has 0 aliphatic carbocycles. The van der Waals surface area contributed by atoms with Crippen molar-refractivity contribution in [1.82, 2.24) is 14.0 Å². The molecule has 0 radical (unpaired) electrons. The molecule has 1 aliphatic heterocycles. The normalized spacial score (nSPS) is 19.4. The first kappa shape index (κ1) is 16.9. The lowest BCUT2D eigenvalue weighted by Gasteiger charge is -2.32. The van der Waals surface area contributed by atoms with E-state index in [1.165, 1.54) is 0 Å². The predicted molar refractivity (Wildman–Crippen MR) is 91.2 cm³/mol. The number of pyridine rings is 1. The Morgan fingerprint density at radius 2 is 2.25 bits per heavy atom. The highest BCUT2D eigenvalue weighted by atomic mass is 32.2. The Bertz CT molecular complexity index is 868. The molecule has 1 fully saturated rings. The number of nitriles is 1. The third-order valence-electron chi connectivity index (χ3n) is 4.44. The fourth-order valence-electron chi connectivity index (χ4n) is 3.36. The number of aromatic nitrogens is 1. The Hall–Kier alpha value is -1.92. The molecule has 1 aliphatic rings. The molecular formula is C16H21N5O2S. The number of likely N-dealkylation sites (tertiary alicyclic amines) is 1. The van der Waals surface area contributed by atoms with Gasteiger partial charge in [0.1, 0.15) is 6.07 Å². The van der Waals surface area contributed by atoms with Gasteiger partial charge in [0.05, 0.1) is 11.1 Å². The number of piperidine rings is 1. The average molecular weight is 347 g/mol. The van der Waals surface area contributed by atoms with E-state index in [-0.39, 0.29) is 5.92 Å². The lowest BCUT2D eigenvalue weighted by Crippen LogP contribution is -2.42. The first-order valence-electron chi connectivity index (χ1n) is 7.94. The lowest BCUT2D eigenvalue weighted by molar-refractivity contribution is 0.169. The molecule has 1 atom stereocenters. The van der Waals surface area contributed by atoms with Crippen LogP contribution in [0.5, 0.6) is 0 Å². The van der Waals surface area contributed by atoms with E-state index in [4.69, 9.17) is 5.14 Å². The molecule has 3 N–H and O–H groups in total. The highest BCUT2D eigenvalue weighted by Crippen LogP contribution is 2.23. The Balaban J connectivity index is 1.71. The summed E-state index contributed by atoms with van der Waals surface area (Å²) in [6.45, 7) is 2.79. The minimum absolute atomic E-state index is 0.236. The number of nitrogens with zero attached hydrogens (tertiary/aromatic N) is 3. The maximum absolute atomic E-state index is 11.0. The fourth-order valence-corrected chi connectivity index (χ4v) is 3.83. The van der Waals surface area contributed by atoms with E-state index in [9.17, 15) is 13.7 Å². The summed E-state index contributed by atoms with van der Waals surface area (Å²) < 4.78 is 26.4. The number of nitrogens with two attached hydrogens (primary N) is 1. The molecule has 0 bridgehead atoms. The van der Waals surface area contributed by atoms with Crippen LogP contribution < -0.4 is 9.86 Å². The minimum atomic E-state index is -3.64. The SMILES string of the molecule is N#Cc1c(CN2CCC[C@@H](CNS(N)(=O)=O)C2)cn2ccccc12. The summed E-state index contributed by atoms with van der Waals surface area (Å²) in [6, 6.07) is 8.11. The van der Waals surface area contributed by atoms with Gasteiger partial charge >= 0.3 is 0 Å². The molecule has 0 spiro atoms. The van der Waals surface area contributed by atoms with Gasteiger partial charge in [-0.2, -0.15) is 13.7 Å². The third-order valence-corrected chi connectivity index (χ3v) is 5.01. The molecule has 1 saturated heterocycles. The van der Waals surface area contributed by atoms with Crippen LogP contribution in [0.1, 0.15) is 24.0 Å². The van der Waals surface area contributed by atoms with Crippen molar-refractivity contribution in [2.75, 3.05) is 19.6 Å². The Morgan fingerprint density at radius 3 is 3.00 bits per heavy atom. The van der Waals surface area contributed by atoms with E-state index in [2.05, 4.69) is 15.7 Å². The number of rotatable bonds is 5. The van der Waals surface area contributed by atoms with Crippen molar-refractivity contribution in [1.29, 1.82) is 5.26 Å². The number of hydrogen-bond donors (Lipinski definition) is 2. The summed E-state index contributed by atoms with van der Waals surface area (Å²) >= 11 is 0. The second-order valence-electron chi connectivity index (χ2n) is 6.27. The van der Waals surface area contributed by atoms with Crippen LogP contribution in [0.2, 0.25) is 0 Å². The molecule has 3 heterocycles. The van der Waals surface area contributed by atoms with Gasteiger partial charge in [0.2, 0.25) is 0 Å². The second-order valence-corrected chi connectivity index (χ2v) is 7.65. The molecule has 128 valence electrons. The largest absolute Gasteiger partial charge is 0.322 e. The van der Waals surface area contributed by atoms with Gasteiger partial charge in [0, 0.05) is 37.6 Å². The average Bonchev–Trinajstić information content (AvgIpc) is 2.89. The van der Waals surface area contributed by atoms with Crippen molar-refractivity contribution in [3.63, 3.8) is 0 Å². The molecule has 0 aromatic carbocycles. The van der Waals surface area contributed by atoms with Crippen molar-refractivity contribution in [2.24, 2.45) is 11.1 Å². The lowest BCUT2D eigenvalue weighted by atomic mass is 9.98. The van der Waals surface area contributed by atoms with E-state index in [1.54, 1.807) is 0 Å².